The predicted molar refractivity (Wildman–Crippen MR) is 85.7 cm³/mol. The first kappa shape index (κ1) is 17.6. The van der Waals surface area contributed by atoms with Gasteiger partial charge in [-0.15, -0.1) is 0 Å². The van der Waals surface area contributed by atoms with Gasteiger partial charge in [0.1, 0.15) is 5.60 Å². The van der Waals surface area contributed by atoms with Crippen LogP contribution in [0.4, 0.5) is 0 Å². The van der Waals surface area contributed by atoms with Crippen molar-refractivity contribution in [3.63, 3.8) is 0 Å². The van der Waals surface area contributed by atoms with Crippen molar-refractivity contribution >= 4 is 5.91 Å². The summed E-state index contributed by atoms with van der Waals surface area (Å²) >= 11 is 0. The van der Waals surface area contributed by atoms with Crippen molar-refractivity contribution in [1.82, 2.24) is 4.90 Å². The normalized spacial score (nSPS) is 21.1. The van der Waals surface area contributed by atoms with E-state index in [0.717, 1.165) is 5.56 Å². The second kappa shape index (κ2) is 7.66. The molecule has 2 rings (SSSR count). The molecule has 1 aliphatic rings. The van der Waals surface area contributed by atoms with Crippen molar-refractivity contribution in [3.05, 3.63) is 23.8 Å². The largest absolute Gasteiger partial charge is 0.493 e. The fourth-order valence-corrected chi connectivity index (χ4v) is 2.90. The van der Waals surface area contributed by atoms with Gasteiger partial charge in [0.25, 0.3) is 0 Å². The van der Waals surface area contributed by atoms with Crippen molar-refractivity contribution < 1.29 is 24.5 Å². The van der Waals surface area contributed by atoms with E-state index in [9.17, 15) is 15.0 Å². The molecular formula is C17H25NO5. The Balaban J connectivity index is 1.94. The van der Waals surface area contributed by atoms with E-state index >= 15 is 0 Å². The van der Waals surface area contributed by atoms with E-state index < -0.39 is 5.60 Å². The third-order valence-electron chi connectivity index (χ3n) is 4.28. The number of hydrogen-bond donors (Lipinski definition) is 2. The molecule has 0 aliphatic carbocycles. The smallest absolute Gasteiger partial charge is 0.223 e. The van der Waals surface area contributed by atoms with Gasteiger partial charge in [-0.05, 0) is 37.0 Å². The van der Waals surface area contributed by atoms with Crippen LogP contribution >= 0.6 is 0 Å². The van der Waals surface area contributed by atoms with E-state index in [0.29, 0.717) is 43.7 Å². The number of amides is 1. The molecule has 1 atom stereocenters. The molecule has 0 aromatic heterocycles. The summed E-state index contributed by atoms with van der Waals surface area (Å²) in [6, 6.07) is 5.60. The minimum Gasteiger partial charge on any atom is -0.493 e. The van der Waals surface area contributed by atoms with Crippen molar-refractivity contribution in [1.29, 1.82) is 0 Å². The Labute approximate surface area is 136 Å². The molecule has 128 valence electrons. The number of methoxy groups -OCH3 is 2. The van der Waals surface area contributed by atoms with Crippen LogP contribution in [0.1, 0.15) is 24.8 Å². The highest BCUT2D eigenvalue weighted by Gasteiger charge is 2.34. The lowest BCUT2D eigenvalue weighted by molar-refractivity contribution is -0.140. The third-order valence-corrected chi connectivity index (χ3v) is 4.28. The zero-order valence-electron chi connectivity index (χ0n) is 13.7. The number of piperidine rings is 1. The molecular weight excluding hydrogens is 298 g/mol. The zero-order chi connectivity index (χ0) is 16.9. The maximum atomic E-state index is 12.3. The van der Waals surface area contributed by atoms with Crippen LogP contribution in [0.2, 0.25) is 0 Å². The zero-order valence-corrected chi connectivity index (χ0v) is 13.7. The molecule has 0 bridgehead atoms. The van der Waals surface area contributed by atoms with E-state index in [1.807, 2.05) is 18.2 Å². The molecule has 6 heteroatoms. The first-order valence-electron chi connectivity index (χ1n) is 7.83. The number of carbonyl (C=O) groups is 1. The number of rotatable bonds is 6. The van der Waals surface area contributed by atoms with Crippen LogP contribution in [0.3, 0.4) is 0 Å². The van der Waals surface area contributed by atoms with E-state index in [4.69, 9.17) is 9.47 Å². The maximum absolute atomic E-state index is 12.3. The minimum atomic E-state index is -1.16. The molecule has 1 aromatic carbocycles. The number of aliphatic hydroxyl groups excluding tert-OH is 1. The quantitative estimate of drug-likeness (QED) is 0.816. The molecule has 1 aliphatic heterocycles. The fraction of sp³-hybridized carbons (Fsp3) is 0.588. The summed E-state index contributed by atoms with van der Waals surface area (Å²) in [5, 5.41) is 19.4. The van der Waals surface area contributed by atoms with E-state index in [-0.39, 0.29) is 19.1 Å². The summed E-state index contributed by atoms with van der Waals surface area (Å²) in [5.74, 6) is 1.29. The molecule has 2 N–H and O–H groups in total. The number of β-amino-alcohol motifs (C(OH)–C–C–N with tert-alkyl or cyclic N) is 1. The number of hydrogen-bond acceptors (Lipinski definition) is 5. The molecule has 1 saturated heterocycles. The third kappa shape index (κ3) is 4.36. The van der Waals surface area contributed by atoms with Crippen molar-refractivity contribution in [2.45, 2.75) is 31.3 Å². The molecule has 1 aromatic rings. The lowest BCUT2D eigenvalue weighted by Gasteiger charge is -2.38. The van der Waals surface area contributed by atoms with Gasteiger partial charge in [0.05, 0.1) is 27.4 Å². The first-order chi connectivity index (χ1) is 11.0. The van der Waals surface area contributed by atoms with Crippen molar-refractivity contribution in [2.24, 2.45) is 0 Å². The fourth-order valence-electron chi connectivity index (χ4n) is 2.90. The van der Waals surface area contributed by atoms with Crippen molar-refractivity contribution in [2.75, 3.05) is 33.9 Å². The van der Waals surface area contributed by atoms with Crippen LogP contribution in [-0.4, -0.2) is 60.5 Å². The molecule has 1 amide bonds. The summed E-state index contributed by atoms with van der Waals surface area (Å²) in [7, 11) is 3.16. The number of aliphatic hydroxyl groups is 2. The Hall–Kier alpha value is -1.79. The molecule has 1 fully saturated rings. The van der Waals surface area contributed by atoms with Gasteiger partial charge in [0, 0.05) is 13.0 Å². The Kier molecular flexibility index (Phi) is 5.85. The van der Waals surface area contributed by atoms with Gasteiger partial charge < -0.3 is 24.6 Å². The lowest BCUT2D eigenvalue weighted by atomic mass is 9.93. The Bertz CT molecular complexity index is 548. The molecule has 0 radical (unpaired) electrons. The first-order valence-corrected chi connectivity index (χ1v) is 7.83. The molecule has 23 heavy (non-hydrogen) atoms. The van der Waals surface area contributed by atoms with Crippen LogP contribution < -0.4 is 9.47 Å². The van der Waals surface area contributed by atoms with Gasteiger partial charge in [-0.2, -0.15) is 0 Å². The standard InChI is InChI=1S/C17H25NO5/c1-22-14-6-4-13(10-15(14)23-2)5-7-16(20)18-9-3-8-17(21,11-18)12-19/h4,6,10,19,21H,3,5,7-9,11-12H2,1-2H3/t17-/m1/s1. The topological polar surface area (TPSA) is 79.2 Å². The second-order valence-electron chi connectivity index (χ2n) is 5.99. The number of aryl methyl sites for hydroxylation is 1. The average molecular weight is 323 g/mol. The predicted octanol–water partition coefficient (Wildman–Crippen LogP) is 0.982. The summed E-state index contributed by atoms with van der Waals surface area (Å²) in [6.07, 6.45) is 2.19. The van der Waals surface area contributed by atoms with E-state index in [1.165, 1.54) is 0 Å². The number of benzene rings is 1. The molecule has 1 heterocycles. The van der Waals surface area contributed by atoms with Crippen LogP contribution in [0.5, 0.6) is 11.5 Å². The Morgan fingerprint density at radius 3 is 2.70 bits per heavy atom. The highest BCUT2D eigenvalue weighted by Crippen LogP contribution is 2.28. The van der Waals surface area contributed by atoms with Gasteiger partial charge >= 0.3 is 0 Å². The summed E-state index contributed by atoms with van der Waals surface area (Å²) in [4.78, 5) is 14.0. The summed E-state index contributed by atoms with van der Waals surface area (Å²) in [5.41, 5.74) is -0.164. The SMILES string of the molecule is COc1ccc(CCC(=O)N2CCC[C@](O)(CO)C2)cc1OC. The summed E-state index contributed by atoms with van der Waals surface area (Å²) < 4.78 is 10.5. The Morgan fingerprint density at radius 2 is 2.04 bits per heavy atom. The van der Waals surface area contributed by atoms with E-state index in [2.05, 4.69) is 0 Å². The van der Waals surface area contributed by atoms with Gasteiger partial charge in [-0.25, -0.2) is 0 Å². The Morgan fingerprint density at radius 1 is 1.30 bits per heavy atom. The molecule has 0 unspecified atom stereocenters. The number of carbonyl (C=O) groups excluding carboxylic acids is 1. The molecule has 0 saturated carbocycles. The van der Waals surface area contributed by atoms with Crippen molar-refractivity contribution in [3.8, 4) is 11.5 Å². The average Bonchev–Trinajstić information content (AvgIpc) is 2.59. The highest BCUT2D eigenvalue weighted by atomic mass is 16.5. The van der Waals surface area contributed by atoms with E-state index in [1.54, 1.807) is 19.1 Å². The monoisotopic (exact) mass is 323 g/mol. The molecule has 0 spiro atoms. The van der Waals surface area contributed by atoms with Gasteiger partial charge in [0.2, 0.25) is 5.91 Å². The van der Waals surface area contributed by atoms with Gasteiger partial charge in [-0.1, -0.05) is 6.07 Å². The lowest BCUT2D eigenvalue weighted by Crippen LogP contribution is -2.52. The second-order valence-corrected chi connectivity index (χ2v) is 5.99. The minimum absolute atomic E-state index is 0.00800. The number of likely N-dealkylation sites (tertiary alicyclic amines) is 1. The van der Waals surface area contributed by atoms with Gasteiger partial charge in [-0.3, -0.25) is 4.79 Å². The van der Waals surface area contributed by atoms with Crippen LogP contribution in [0, 0.1) is 0 Å². The van der Waals surface area contributed by atoms with Crippen LogP contribution in [0.25, 0.3) is 0 Å². The van der Waals surface area contributed by atoms with Gasteiger partial charge in [0.15, 0.2) is 11.5 Å². The number of ether oxygens (including phenoxy) is 2. The highest BCUT2D eigenvalue weighted by molar-refractivity contribution is 5.76. The van der Waals surface area contributed by atoms with Crippen LogP contribution in [0.15, 0.2) is 18.2 Å². The molecule has 6 nitrogen and oxygen atoms in total. The number of nitrogens with zero attached hydrogens (tertiary/aromatic N) is 1. The summed E-state index contributed by atoms with van der Waals surface area (Å²) in [6.45, 7) is 0.522. The maximum Gasteiger partial charge on any atom is 0.223 e. The van der Waals surface area contributed by atoms with Crippen LogP contribution in [-0.2, 0) is 11.2 Å².